The van der Waals surface area contributed by atoms with Crippen LogP contribution in [0.15, 0.2) is 36.5 Å². The van der Waals surface area contributed by atoms with Crippen molar-refractivity contribution in [2.75, 3.05) is 20.1 Å². The largest absolute Gasteiger partial charge is 0.506 e. The summed E-state index contributed by atoms with van der Waals surface area (Å²) in [4.78, 5) is 19.0. The predicted molar refractivity (Wildman–Crippen MR) is 127 cm³/mol. The Morgan fingerprint density at radius 2 is 2.00 bits per heavy atom. The van der Waals surface area contributed by atoms with Gasteiger partial charge in [-0.25, -0.2) is 4.57 Å². The molecule has 0 bridgehead atoms. The van der Waals surface area contributed by atoms with Crippen LogP contribution in [-0.2, 0) is 31.8 Å². The third-order valence-corrected chi connectivity index (χ3v) is 7.27. The van der Waals surface area contributed by atoms with Gasteiger partial charge in [-0.15, -0.1) is 0 Å². The summed E-state index contributed by atoms with van der Waals surface area (Å²) in [6.07, 6.45) is 2.81. The highest BCUT2D eigenvalue weighted by molar-refractivity contribution is 7.52. The van der Waals surface area contributed by atoms with Gasteiger partial charge in [0, 0.05) is 37.0 Å². The molecule has 0 radical (unpaired) electrons. The number of hydrogen-bond donors (Lipinski definition) is 3. The first-order valence-electron chi connectivity index (χ1n) is 11.2. The first-order valence-corrected chi connectivity index (χ1v) is 12.8. The second-order valence-electron chi connectivity index (χ2n) is 8.37. The summed E-state index contributed by atoms with van der Waals surface area (Å²) in [5, 5.41) is 12.9. The van der Waals surface area contributed by atoms with Crippen LogP contribution < -0.4 is 15.3 Å². The van der Waals surface area contributed by atoms with Crippen LogP contribution in [0.3, 0.4) is 0 Å². The van der Waals surface area contributed by atoms with Gasteiger partial charge < -0.3 is 25.0 Å². The summed E-state index contributed by atoms with van der Waals surface area (Å²) >= 11 is 0. The molecule has 0 amide bonds. The lowest BCUT2D eigenvalue weighted by Crippen LogP contribution is -2.40. The van der Waals surface area contributed by atoms with Gasteiger partial charge in [-0.1, -0.05) is 18.2 Å². The Bertz CT molecular complexity index is 1010. The number of para-hydroxylation sites is 1. The molecule has 10 nitrogen and oxygen atoms in total. The first-order chi connectivity index (χ1) is 16.2. The minimum atomic E-state index is -4.05. The lowest BCUT2D eigenvalue weighted by molar-refractivity contribution is -0.152. The van der Waals surface area contributed by atoms with Crippen LogP contribution in [0.5, 0.6) is 11.5 Å². The molecule has 1 aromatic heterocycles. The van der Waals surface area contributed by atoms with E-state index < -0.39 is 19.8 Å². The molecule has 0 aliphatic carbocycles. The Hall–Kier alpha value is -2.49. The van der Waals surface area contributed by atoms with E-state index in [-0.39, 0.29) is 25.0 Å². The molecule has 4 N–H and O–H groups in total. The van der Waals surface area contributed by atoms with E-state index in [0.29, 0.717) is 22.6 Å². The summed E-state index contributed by atoms with van der Waals surface area (Å²) in [6.45, 7) is 4.73. The maximum atomic E-state index is 13.7. The van der Waals surface area contributed by atoms with Gasteiger partial charge in [-0.3, -0.25) is 14.3 Å². The molecule has 34 heavy (non-hydrogen) atoms. The van der Waals surface area contributed by atoms with Crippen molar-refractivity contribution in [3.05, 3.63) is 53.3 Å². The Morgan fingerprint density at radius 3 is 2.65 bits per heavy atom. The molecule has 1 aliphatic heterocycles. The van der Waals surface area contributed by atoms with Gasteiger partial charge in [0.05, 0.1) is 12.3 Å². The molecule has 1 aromatic carbocycles. The number of ether oxygens (including phenoxy) is 1. The standard InChI is InChI=1S/C23H33N4O6P/c1-16-22(28)21(13-24)18(14-25-16)15-31-34(30,33-20-7-5-4-6-8-20)26-17(2)23(29)32-19-9-11-27(3)12-10-19/h4-8,14,17,19,28H,9-13,15,24H2,1-3H3,(H,26,30)/t17-,34-/m0/s1. The molecule has 0 unspecified atom stereocenters. The number of hydrogen-bond acceptors (Lipinski definition) is 9. The summed E-state index contributed by atoms with van der Waals surface area (Å²) < 4.78 is 30.6. The number of nitrogens with zero attached hydrogens (tertiary/aromatic N) is 2. The van der Waals surface area contributed by atoms with E-state index >= 15 is 0 Å². The molecule has 11 heteroatoms. The zero-order valence-corrected chi connectivity index (χ0v) is 20.7. The Balaban J connectivity index is 1.73. The quantitative estimate of drug-likeness (QED) is 0.335. The maximum absolute atomic E-state index is 13.7. The van der Waals surface area contributed by atoms with Crippen molar-refractivity contribution in [3.8, 4) is 11.5 Å². The van der Waals surface area contributed by atoms with E-state index in [0.717, 1.165) is 25.9 Å². The molecule has 1 saturated heterocycles. The molecule has 2 aromatic rings. The number of likely N-dealkylation sites (tertiary alicyclic amines) is 1. The minimum Gasteiger partial charge on any atom is -0.506 e. The zero-order valence-electron chi connectivity index (χ0n) is 19.8. The van der Waals surface area contributed by atoms with E-state index in [1.54, 1.807) is 44.2 Å². The number of carbonyl (C=O) groups is 1. The SMILES string of the molecule is Cc1ncc(CO[P@@](=O)(N[C@@H](C)C(=O)OC2CCN(C)CC2)Oc2ccccc2)c(CN)c1O. The Labute approximate surface area is 200 Å². The number of esters is 1. The van der Waals surface area contributed by atoms with Crippen molar-refractivity contribution in [1.82, 2.24) is 15.0 Å². The van der Waals surface area contributed by atoms with Crippen LogP contribution in [0.25, 0.3) is 0 Å². The number of aromatic nitrogens is 1. The van der Waals surface area contributed by atoms with Gasteiger partial charge >= 0.3 is 13.7 Å². The van der Waals surface area contributed by atoms with Crippen molar-refractivity contribution < 1.29 is 28.3 Å². The molecule has 2 heterocycles. The van der Waals surface area contributed by atoms with Gasteiger partial charge in [-0.05, 0) is 45.9 Å². The average Bonchev–Trinajstić information content (AvgIpc) is 2.82. The molecule has 2 atom stereocenters. The first kappa shape index (κ1) is 26.1. The van der Waals surface area contributed by atoms with Crippen LogP contribution in [0, 0.1) is 6.92 Å². The molecule has 186 valence electrons. The molecule has 3 rings (SSSR count). The Morgan fingerprint density at radius 1 is 1.32 bits per heavy atom. The van der Waals surface area contributed by atoms with Crippen LogP contribution in [0.2, 0.25) is 0 Å². The molecule has 0 saturated carbocycles. The van der Waals surface area contributed by atoms with Gasteiger partial charge in [0.1, 0.15) is 23.6 Å². The number of aromatic hydroxyl groups is 1. The van der Waals surface area contributed by atoms with E-state index in [1.165, 1.54) is 6.20 Å². The minimum absolute atomic E-state index is 0.0366. The summed E-state index contributed by atoms with van der Waals surface area (Å²) in [5.74, 6) is -0.268. The summed E-state index contributed by atoms with van der Waals surface area (Å²) in [7, 11) is -2.02. The van der Waals surface area contributed by atoms with E-state index in [9.17, 15) is 14.5 Å². The second kappa shape index (κ2) is 11.8. The Kier molecular flexibility index (Phi) is 9.04. The molecule has 1 aliphatic rings. The monoisotopic (exact) mass is 492 g/mol. The van der Waals surface area contributed by atoms with E-state index in [2.05, 4.69) is 15.0 Å². The highest BCUT2D eigenvalue weighted by Gasteiger charge is 2.34. The van der Waals surface area contributed by atoms with Crippen LogP contribution in [-0.4, -0.2) is 53.2 Å². The third-order valence-electron chi connectivity index (χ3n) is 5.65. The number of benzene rings is 1. The maximum Gasteiger partial charge on any atom is 0.459 e. The number of piperidine rings is 1. The summed E-state index contributed by atoms with van der Waals surface area (Å²) in [6, 6.07) is 7.56. The molecule has 1 fully saturated rings. The fraction of sp³-hybridized carbons (Fsp3) is 0.478. The number of carbonyl (C=O) groups excluding carboxylic acids is 1. The third kappa shape index (κ3) is 7.01. The normalized spacial score (nSPS) is 17.6. The van der Waals surface area contributed by atoms with Crippen LogP contribution in [0.4, 0.5) is 0 Å². The van der Waals surface area contributed by atoms with Crippen LogP contribution >= 0.6 is 7.75 Å². The smallest absolute Gasteiger partial charge is 0.459 e. The number of aryl methyl sites for hydroxylation is 1. The van der Waals surface area contributed by atoms with Gasteiger partial charge in [0.15, 0.2) is 0 Å². The number of pyridine rings is 1. The topological polar surface area (TPSA) is 136 Å². The number of nitrogens with two attached hydrogens (primary N) is 1. The molecular formula is C23H33N4O6P. The highest BCUT2D eigenvalue weighted by Crippen LogP contribution is 2.46. The number of rotatable bonds is 10. The van der Waals surface area contributed by atoms with Crippen molar-refractivity contribution in [1.29, 1.82) is 0 Å². The summed E-state index contributed by atoms with van der Waals surface area (Å²) in [5.41, 5.74) is 7.11. The fourth-order valence-electron chi connectivity index (χ4n) is 3.56. The van der Waals surface area contributed by atoms with E-state index in [4.69, 9.17) is 19.5 Å². The second-order valence-corrected chi connectivity index (χ2v) is 10.1. The van der Waals surface area contributed by atoms with Crippen molar-refractivity contribution in [2.24, 2.45) is 5.73 Å². The zero-order chi connectivity index (χ0) is 24.7. The van der Waals surface area contributed by atoms with Crippen molar-refractivity contribution in [2.45, 2.75) is 52.0 Å². The fourth-order valence-corrected chi connectivity index (χ4v) is 5.03. The van der Waals surface area contributed by atoms with Gasteiger partial charge in [-0.2, -0.15) is 5.09 Å². The molecule has 0 spiro atoms. The average molecular weight is 493 g/mol. The van der Waals surface area contributed by atoms with Gasteiger partial charge in [0.25, 0.3) is 0 Å². The number of nitrogens with one attached hydrogen (secondary N) is 1. The van der Waals surface area contributed by atoms with E-state index in [1.807, 2.05) is 7.05 Å². The molecular weight excluding hydrogens is 459 g/mol. The lowest BCUT2D eigenvalue weighted by Gasteiger charge is -2.30. The predicted octanol–water partition coefficient (Wildman–Crippen LogP) is 2.87. The van der Waals surface area contributed by atoms with Crippen molar-refractivity contribution >= 4 is 13.7 Å². The van der Waals surface area contributed by atoms with Gasteiger partial charge in [0.2, 0.25) is 0 Å². The van der Waals surface area contributed by atoms with Crippen LogP contribution in [0.1, 0.15) is 36.6 Å². The van der Waals surface area contributed by atoms with Crippen molar-refractivity contribution in [3.63, 3.8) is 0 Å². The highest BCUT2D eigenvalue weighted by atomic mass is 31.2. The lowest BCUT2D eigenvalue weighted by atomic mass is 10.1.